The number of carbonyl (C=O) groups excluding carboxylic acids is 1. The van der Waals surface area contributed by atoms with Gasteiger partial charge in [0.15, 0.2) is 0 Å². The van der Waals surface area contributed by atoms with Gasteiger partial charge in [-0.25, -0.2) is 12.8 Å². The summed E-state index contributed by atoms with van der Waals surface area (Å²) in [6, 6.07) is 11.4. The fourth-order valence-electron chi connectivity index (χ4n) is 2.34. The highest BCUT2D eigenvalue weighted by Crippen LogP contribution is 2.22. The summed E-state index contributed by atoms with van der Waals surface area (Å²) < 4.78 is 45.5. The second kappa shape index (κ2) is 6.58. The van der Waals surface area contributed by atoms with Gasteiger partial charge in [-0.05, 0) is 36.4 Å². The Morgan fingerprint density at radius 3 is 2.46 bits per heavy atom. The summed E-state index contributed by atoms with van der Waals surface area (Å²) in [6.45, 7) is 0.855. The molecule has 0 aromatic heterocycles. The summed E-state index contributed by atoms with van der Waals surface area (Å²) >= 11 is 0. The number of halogens is 1. The Labute approximate surface area is 138 Å². The maximum Gasteiger partial charge on any atom is 0.261 e. The van der Waals surface area contributed by atoms with Gasteiger partial charge in [0.1, 0.15) is 12.4 Å². The number of carbonyl (C=O) groups is 1. The molecule has 1 aliphatic rings. The van der Waals surface area contributed by atoms with Gasteiger partial charge < -0.3 is 9.64 Å². The van der Waals surface area contributed by atoms with Gasteiger partial charge >= 0.3 is 0 Å². The van der Waals surface area contributed by atoms with E-state index in [4.69, 9.17) is 4.74 Å². The Morgan fingerprint density at radius 2 is 1.79 bits per heavy atom. The van der Waals surface area contributed by atoms with E-state index in [-0.39, 0.29) is 23.1 Å². The van der Waals surface area contributed by atoms with Gasteiger partial charge in [0, 0.05) is 12.2 Å². The molecule has 1 amide bonds. The molecule has 1 heterocycles. The standard InChI is InChI=1S/C16H15FN2O4S/c17-14-3-1-2-4-15(14)18-24(21,22)13-7-5-12(6-8-13)19-9-10-23-11-16(19)20/h1-8,18H,9-11H2. The third kappa shape index (κ3) is 3.39. The van der Waals surface area contributed by atoms with Crippen LogP contribution in [-0.4, -0.2) is 34.1 Å². The smallest absolute Gasteiger partial charge is 0.261 e. The van der Waals surface area contributed by atoms with Gasteiger partial charge in [-0.1, -0.05) is 12.1 Å². The molecule has 6 nitrogen and oxygen atoms in total. The minimum atomic E-state index is -3.91. The monoisotopic (exact) mass is 350 g/mol. The second-order valence-corrected chi connectivity index (χ2v) is 6.86. The summed E-state index contributed by atoms with van der Waals surface area (Å²) in [5.74, 6) is -0.835. The van der Waals surface area contributed by atoms with E-state index in [9.17, 15) is 17.6 Å². The molecule has 0 aliphatic carbocycles. The number of ether oxygens (including phenoxy) is 1. The van der Waals surface area contributed by atoms with E-state index in [1.54, 1.807) is 12.1 Å². The van der Waals surface area contributed by atoms with E-state index in [0.717, 1.165) is 0 Å². The molecular formula is C16H15FN2O4S. The Kier molecular flexibility index (Phi) is 4.50. The lowest BCUT2D eigenvalue weighted by atomic mass is 10.2. The number of para-hydroxylation sites is 1. The van der Waals surface area contributed by atoms with Crippen molar-refractivity contribution in [3.63, 3.8) is 0 Å². The van der Waals surface area contributed by atoms with Gasteiger partial charge in [-0.15, -0.1) is 0 Å². The van der Waals surface area contributed by atoms with Crippen LogP contribution in [0.3, 0.4) is 0 Å². The highest BCUT2D eigenvalue weighted by molar-refractivity contribution is 7.92. The minimum absolute atomic E-state index is 0.00882. The van der Waals surface area contributed by atoms with Crippen molar-refractivity contribution in [1.82, 2.24) is 0 Å². The maximum atomic E-state index is 13.6. The molecule has 0 radical (unpaired) electrons. The molecule has 24 heavy (non-hydrogen) atoms. The molecule has 1 aliphatic heterocycles. The number of morpholine rings is 1. The lowest BCUT2D eigenvalue weighted by Gasteiger charge is -2.26. The summed E-state index contributed by atoms with van der Waals surface area (Å²) in [5.41, 5.74) is 0.470. The van der Waals surface area contributed by atoms with Gasteiger partial charge in [-0.2, -0.15) is 0 Å². The first-order chi connectivity index (χ1) is 11.5. The van der Waals surface area contributed by atoms with Crippen molar-refractivity contribution in [2.24, 2.45) is 0 Å². The molecule has 0 bridgehead atoms. The normalized spacial score (nSPS) is 15.4. The Bertz CT molecular complexity index is 853. The minimum Gasteiger partial charge on any atom is -0.370 e. The van der Waals surface area contributed by atoms with Crippen LogP contribution in [0, 0.1) is 5.82 Å². The average molecular weight is 350 g/mol. The van der Waals surface area contributed by atoms with E-state index in [1.807, 2.05) is 0 Å². The maximum absolute atomic E-state index is 13.6. The first-order valence-corrected chi connectivity index (χ1v) is 8.71. The number of sulfonamides is 1. The zero-order chi connectivity index (χ0) is 17.2. The molecule has 0 unspecified atom stereocenters. The highest BCUT2D eigenvalue weighted by Gasteiger charge is 2.21. The van der Waals surface area contributed by atoms with Crippen LogP contribution < -0.4 is 9.62 Å². The molecule has 0 spiro atoms. The van der Waals surface area contributed by atoms with Crippen LogP contribution in [0.25, 0.3) is 0 Å². The molecule has 2 aromatic carbocycles. The average Bonchev–Trinajstić information content (AvgIpc) is 2.57. The summed E-state index contributed by atoms with van der Waals surface area (Å²) in [5, 5.41) is 0. The van der Waals surface area contributed by atoms with Crippen molar-refractivity contribution < 1.29 is 22.3 Å². The van der Waals surface area contributed by atoms with Gasteiger partial charge in [0.25, 0.3) is 15.9 Å². The van der Waals surface area contributed by atoms with Crippen molar-refractivity contribution in [2.45, 2.75) is 4.90 Å². The molecule has 8 heteroatoms. The van der Waals surface area contributed by atoms with Crippen LogP contribution in [0.1, 0.15) is 0 Å². The van der Waals surface area contributed by atoms with E-state index < -0.39 is 15.8 Å². The number of nitrogens with zero attached hydrogens (tertiary/aromatic N) is 1. The molecule has 1 N–H and O–H groups in total. The first-order valence-electron chi connectivity index (χ1n) is 7.23. The fraction of sp³-hybridized carbons (Fsp3) is 0.188. The van der Waals surface area contributed by atoms with Crippen molar-refractivity contribution in [3.8, 4) is 0 Å². The number of anilines is 2. The second-order valence-electron chi connectivity index (χ2n) is 5.18. The number of nitrogens with one attached hydrogen (secondary N) is 1. The number of amides is 1. The van der Waals surface area contributed by atoms with Crippen LogP contribution in [0.4, 0.5) is 15.8 Å². The van der Waals surface area contributed by atoms with E-state index in [2.05, 4.69) is 4.72 Å². The van der Waals surface area contributed by atoms with E-state index in [0.29, 0.717) is 18.8 Å². The number of hydrogen-bond acceptors (Lipinski definition) is 4. The summed E-state index contributed by atoms with van der Waals surface area (Å²) in [7, 11) is -3.91. The zero-order valence-corrected chi connectivity index (χ0v) is 13.4. The fourth-order valence-corrected chi connectivity index (χ4v) is 3.41. The van der Waals surface area contributed by atoms with Gasteiger partial charge in [0.2, 0.25) is 0 Å². The topological polar surface area (TPSA) is 75.7 Å². The number of rotatable bonds is 4. The largest absolute Gasteiger partial charge is 0.370 e. The lowest BCUT2D eigenvalue weighted by molar-refractivity contribution is -0.125. The van der Waals surface area contributed by atoms with Crippen molar-refractivity contribution in [1.29, 1.82) is 0 Å². The Balaban J connectivity index is 1.82. The Morgan fingerprint density at radius 1 is 1.08 bits per heavy atom. The highest BCUT2D eigenvalue weighted by atomic mass is 32.2. The summed E-state index contributed by atoms with van der Waals surface area (Å²) in [6.07, 6.45) is 0. The van der Waals surface area contributed by atoms with Crippen LogP contribution in [0.15, 0.2) is 53.4 Å². The van der Waals surface area contributed by atoms with Crippen molar-refractivity contribution >= 4 is 27.3 Å². The van der Waals surface area contributed by atoms with E-state index >= 15 is 0 Å². The van der Waals surface area contributed by atoms with Crippen LogP contribution in [0.2, 0.25) is 0 Å². The molecular weight excluding hydrogens is 335 g/mol. The van der Waals surface area contributed by atoms with Crippen LogP contribution >= 0.6 is 0 Å². The zero-order valence-electron chi connectivity index (χ0n) is 12.6. The van der Waals surface area contributed by atoms with E-state index in [1.165, 1.54) is 41.3 Å². The Hall–Kier alpha value is -2.45. The molecule has 1 saturated heterocycles. The number of hydrogen-bond donors (Lipinski definition) is 1. The van der Waals surface area contributed by atoms with Crippen molar-refractivity contribution in [3.05, 3.63) is 54.3 Å². The van der Waals surface area contributed by atoms with Gasteiger partial charge in [0.05, 0.1) is 17.2 Å². The summed E-state index contributed by atoms with van der Waals surface area (Å²) in [4.78, 5) is 13.3. The third-order valence-electron chi connectivity index (χ3n) is 3.56. The van der Waals surface area contributed by atoms with Gasteiger partial charge in [-0.3, -0.25) is 9.52 Å². The SMILES string of the molecule is O=C1COCCN1c1ccc(S(=O)(=O)Nc2ccccc2F)cc1. The number of benzene rings is 2. The molecule has 0 saturated carbocycles. The van der Waals surface area contributed by atoms with Crippen molar-refractivity contribution in [2.75, 3.05) is 29.4 Å². The quantitative estimate of drug-likeness (QED) is 0.915. The first kappa shape index (κ1) is 16.4. The molecule has 3 rings (SSSR count). The molecule has 0 atom stereocenters. The van der Waals surface area contributed by atoms with Crippen LogP contribution in [0.5, 0.6) is 0 Å². The molecule has 2 aromatic rings. The predicted octanol–water partition coefficient (Wildman–Crippen LogP) is 1.99. The third-order valence-corrected chi connectivity index (χ3v) is 4.94. The van der Waals surface area contributed by atoms with Crippen LogP contribution in [-0.2, 0) is 19.6 Å². The lowest BCUT2D eigenvalue weighted by Crippen LogP contribution is -2.41. The predicted molar refractivity (Wildman–Crippen MR) is 86.8 cm³/mol. The molecule has 126 valence electrons. The molecule has 1 fully saturated rings.